The number of benzene rings is 1. The normalized spacial score (nSPS) is 10.8. The van der Waals surface area contributed by atoms with Crippen LogP contribution in [0.4, 0.5) is 8.78 Å². The summed E-state index contributed by atoms with van der Waals surface area (Å²) in [5, 5.41) is 6.83. The van der Waals surface area contributed by atoms with Crippen LogP contribution in [-0.4, -0.2) is 16.8 Å². The standard InChI is InChI=1S/C10H7ClF2N2O/c11-6-1-2-9(16-10(12)13)7(5-6)8-3-4-14-15-8/h1-5,10H,(H,14,15). The molecule has 0 fully saturated rings. The summed E-state index contributed by atoms with van der Waals surface area (Å²) in [5.74, 6) is 0.0589. The Morgan fingerprint density at radius 2 is 2.12 bits per heavy atom. The maximum atomic E-state index is 12.2. The second-order valence-electron chi connectivity index (χ2n) is 2.99. The number of rotatable bonds is 3. The number of nitrogens with one attached hydrogen (secondary N) is 1. The van der Waals surface area contributed by atoms with Gasteiger partial charge in [-0.15, -0.1) is 0 Å². The molecule has 1 heterocycles. The summed E-state index contributed by atoms with van der Waals surface area (Å²) < 4.78 is 28.7. The number of aromatic nitrogens is 2. The number of H-pyrrole nitrogens is 1. The zero-order chi connectivity index (χ0) is 11.5. The number of alkyl halides is 2. The van der Waals surface area contributed by atoms with Gasteiger partial charge in [-0.3, -0.25) is 5.10 Å². The van der Waals surface area contributed by atoms with Gasteiger partial charge in [-0.1, -0.05) is 11.6 Å². The minimum absolute atomic E-state index is 0.0589. The molecule has 1 aromatic heterocycles. The fourth-order valence-corrected chi connectivity index (χ4v) is 1.49. The Bertz CT molecular complexity index is 474. The molecule has 0 spiro atoms. The lowest BCUT2D eigenvalue weighted by Gasteiger charge is -2.09. The molecule has 6 heteroatoms. The van der Waals surface area contributed by atoms with Gasteiger partial charge in [0.1, 0.15) is 5.75 Å². The smallest absolute Gasteiger partial charge is 0.387 e. The number of nitrogens with zero attached hydrogens (tertiary/aromatic N) is 1. The first-order valence-corrected chi connectivity index (χ1v) is 4.79. The topological polar surface area (TPSA) is 37.9 Å². The van der Waals surface area contributed by atoms with Crippen molar-refractivity contribution in [2.45, 2.75) is 6.61 Å². The fourth-order valence-electron chi connectivity index (χ4n) is 1.32. The van der Waals surface area contributed by atoms with E-state index >= 15 is 0 Å². The molecule has 84 valence electrons. The second-order valence-corrected chi connectivity index (χ2v) is 3.43. The molecule has 0 bridgehead atoms. The molecule has 0 radical (unpaired) electrons. The van der Waals surface area contributed by atoms with E-state index in [2.05, 4.69) is 14.9 Å². The highest BCUT2D eigenvalue weighted by Crippen LogP contribution is 2.32. The molecule has 0 aliphatic carbocycles. The van der Waals surface area contributed by atoms with Crippen LogP contribution in [0, 0.1) is 0 Å². The van der Waals surface area contributed by atoms with E-state index in [4.69, 9.17) is 11.6 Å². The number of aromatic amines is 1. The predicted molar refractivity (Wildman–Crippen MR) is 55.7 cm³/mol. The third-order valence-electron chi connectivity index (χ3n) is 1.95. The highest BCUT2D eigenvalue weighted by atomic mass is 35.5. The van der Waals surface area contributed by atoms with Crippen LogP contribution in [0.2, 0.25) is 5.02 Å². The molecule has 0 saturated heterocycles. The Hall–Kier alpha value is -1.62. The first kappa shape index (κ1) is 10.9. The van der Waals surface area contributed by atoms with E-state index in [9.17, 15) is 8.78 Å². The molecule has 0 aliphatic rings. The van der Waals surface area contributed by atoms with Crippen LogP contribution < -0.4 is 4.74 Å². The maximum Gasteiger partial charge on any atom is 0.387 e. The first-order chi connectivity index (χ1) is 7.66. The molecule has 2 aromatic rings. The fraction of sp³-hybridized carbons (Fsp3) is 0.100. The van der Waals surface area contributed by atoms with Crippen molar-refractivity contribution in [3.8, 4) is 17.0 Å². The van der Waals surface area contributed by atoms with Crippen molar-refractivity contribution in [3.63, 3.8) is 0 Å². The summed E-state index contributed by atoms with van der Waals surface area (Å²) in [6.45, 7) is -2.87. The van der Waals surface area contributed by atoms with Gasteiger partial charge in [0.15, 0.2) is 0 Å². The van der Waals surface area contributed by atoms with Crippen molar-refractivity contribution in [3.05, 3.63) is 35.5 Å². The van der Waals surface area contributed by atoms with E-state index in [0.29, 0.717) is 16.3 Å². The third-order valence-corrected chi connectivity index (χ3v) is 2.18. The Morgan fingerprint density at radius 1 is 1.31 bits per heavy atom. The molecule has 0 saturated carbocycles. The molecule has 1 N–H and O–H groups in total. The summed E-state index contributed by atoms with van der Waals surface area (Å²) in [4.78, 5) is 0. The lowest BCUT2D eigenvalue weighted by atomic mass is 10.1. The SMILES string of the molecule is FC(F)Oc1ccc(Cl)cc1-c1ccn[nH]1. The average molecular weight is 245 g/mol. The lowest BCUT2D eigenvalue weighted by Crippen LogP contribution is -2.03. The van der Waals surface area contributed by atoms with Gasteiger partial charge in [-0.25, -0.2) is 0 Å². The largest absolute Gasteiger partial charge is 0.434 e. The average Bonchev–Trinajstić information content (AvgIpc) is 2.73. The molecule has 0 unspecified atom stereocenters. The molecule has 2 rings (SSSR count). The van der Waals surface area contributed by atoms with Crippen LogP contribution in [0.3, 0.4) is 0 Å². The van der Waals surface area contributed by atoms with E-state index in [1.54, 1.807) is 6.07 Å². The maximum absolute atomic E-state index is 12.2. The van der Waals surface area contributed by atoms with Gasteiger partial charge < -0.3 is 4.74 Å². The van der Waals surface area contributed by atoms with Crippen LogP contribution >= 0.6 is 11.6 Å². The highest BCUT2D eigenvalue weighted by Gasteiger charge is 2.12. The Labute approximate surface area is 95.0 Å². The first-order valence-electron chi connectivity index (χ1n) is 4.41. The van der Waals surface area contributed by atoms with Gasteiger partial charge in [0, 0.05) is 16.8 Å². The number of hydrogen-bond donors (Lipinski definition) is 1. The third kappa shape index (κ3) is 2.30. The summed E-state index contributed by atoms with van der Waals surface area (Å²) in [7, 11) is 0. The van der Waals surface area contributed by atoms with Crippen molar-refractivity contribution in [1.82, 2.24) is 10.2 Å². The van der Waals surface area contributed by atoms with Crippen molar-refractivity contribution < 1.29 is 13.5 Å². The Kier molecular flexibility index (Phi) is 3.05. The molecular weight excluding hydrogens is 238 g/mol. The summed E-state index contributed by atoms with van der Waals surface area (Å²) in [5.41, 5.74) is 1.02. The minimum atomic E-state index is -2.87. The van der Waals surface area contributed by atoms with E-state index in [-0.39, 0.29) is 5.75 Å². The van der Waals surface area contributed by atoms with E-state index in [1.165, 1.54) is 24.4 Å². The molecular formula is C10H7ClF2N2O. The zero-order valence-electron chi connectivity index (χ0n) is 7.95. The van der Waals surface area contributed by atoms with Gasteiger partial charge >= 0.3 is 6.61 Å². The number of ether oxygens (including phenoxy) is 1. The van der Waals surface area contributed by atoms with E-state index < -0.39 is 6.61 Å². The zero-order valence-corrected chi connectivity index (χ0v) is 8.71. The Balaban J connectivity index is 2.45. The second kappa shape index (κ2) is 4.49. The van der Waals surface area contributed by atoms with Crippen LogP contribution in [0.5, 0.6) is 5.75 Å². The van der Waals surface area contributed by atoms with Crippen molar-refractivity contribution >= 4 is 11.6 Å². The van der Waals surface area contributed by atoms with Crippen LogP contribution in [0.25, 0.3) is 11.3 Å². The van der Waals surface area contributed by atoms with Gasteiger partial charge in [-0.05, 0) is 24.3 Å². The van der Waals surface area contributed by atoms with Crippen molar-refractivity contribution in [2.75, 3.05) is 0 Å². The van der Waals surface area contributed by atoms with Gasteiger partial charge in [-0.2, -0.15) is 13.9 Å². The quantitative estimate of drug-likeness (QED) is 0.899. The van der Waals surface area contributed by atoms with Crippen LogP contribution in [-0.2, 0) is 0 Å². The van der Waals surface area contributed by atoms with Gasteiger partial charge in [0.05, 0.1) is 5.69 Å². The summed E-state index contributed by atoms with van der Waals surface area (Å²) in [6, 6.07) is 6.06. The molecule has 0 atom stereocenters. The summed E-state index contributed by atoms with van der Waals surface area (Å²) >= 11 is 5.79. The van der Waals surface area contributed by atoms with Crippen LogP contribution in [0.1, 0.15) is 0 Å². The number of hydrogen-bond acceptors (Lipinski definition) is 2. The van der Waals surface area contributed by atoms with Gasteiger partial charge in [0.2, 0.25) is 0 Å². The van der Waals surface area contributed by atoms with E-state index in [1.807, 2.05) is 0 Å². The van der Waals surface area contributed by atoms with Crippen molar-refractivity contribution in [2.24, 2.45) is 0 Å². The number of halogens is 3. The highest BCUT2D eigenvalue weighted by molar-refractivity contribution is 6.30. The van der Waals surface area contributed by atoms with E-state index in [0.717, 1.165) is 0 Å². The predicted octanol–water partition coefficient (Wildman–Crippen LogP) is 3.33. The molecule has 0 amide bonds. The molecule has 1 aromatic carbocycles. The summed E-state index contributed by atoms with van der Waals surface area (Å²) in [6.07, 6.45) is 1.52. The lowest BCUT2D eigenvalue weighted by molar-refractivity contribution is -0.0494. The van der Waals surface area contributed by atoms with Crippen molar-refractivity contribution in [1.29, 1.82) is 0 Å². The van der Waals surface area contributed by atoms with Gasteiger partial charge in [0.25, 0.3) is 0 Å². The molecule has 0 aliphatic heterocycles. The Morgan fingerprint density at radius 3 is 2.75 bits per heavy atom. The van der Waals surface area contributed by atoms with Crippen LogP contribution in [0.15, 0.2) is 30.5 Å². The minimum Gasteiger partial charge on any atom is -0.434 e. The monoisotopic (exact) mass is 244 g/mol. The molecule has 3 nitrogen and oxygen atoms in total. The molecule has 16 heavy (non-hydrogen) atoms.